The number of carbonyl (C=O) groups is 1. The SMILES string of the molecule is O=C(C[NH+](Cc1cccs1)C[C@@H]1CCCO1)Nc1ccc(Br)cc1. The first-order valence-electron chi connectivity index (χ1n) is 8.22. The van der Waals surface area contributed by atoms with E-state index in [-0.39, 0.29) is 12.0 Å². The molecule has 1 saturated heterocycles. The first-order valence-corrected chi connectivity index (χ1v) is 9.89. The minimum absolute atomic E-state index is 0.0434. The minimum Gasteiger partial charge on any atom is -0.372 e. The summed E-state index contributed by atoms with van der Waals surface area (Å²) >= 11 is 5.15. The van der Waals surface area contributed by atoms with Gasteiger partial charge >= 0.3 is 0 Å². The zero-order chi connectivity index (χ0) is 16.8. The Labute approximate surface area is 154 Å². The van der Waals surface area contributed by atoms with Gasteiger partial charge in [0.1, 0.15) is 19.2 Å². The molecule has 24 heavy (non-hydrogen) atoms. The van der Waals surface area contributed by atoms with E-state index in [9.17, 15) is 4.79 Å². The summed E-state index contributed by atoms with van der Waals surface area (Å²) in [6, 6.07) is 11.9. The predicted octanol–water partition coefficient (Wildman–Crippen LogP) is 2.71. The fraction of sp³-hybridized carbons (Fsp3) is 0.389. The van der Waals surface area contributed by atoms with Gasteiger partial charge in [-0.3, -0.25) is 4.79 Å². The van der Waals surface area contributed by atoms with E-state index in [0.29, 0.717) is 6.54 Å². The molecule has 2 heterocycles. The number of quaternary nitrogens is 1. The van der Waals surface area contributed by atoms with Gasteiger partial charge in [-0.2, -0.15) is 0 Å². The number of nitrogens with one attached hydrogen (secondary N) is 2. The molecule has 128 valence electrons. The molecule has 1 aromatic carbocycles. The number of thiophene rings is 1. The minimum atomic E-state index is 0.0434. The van der Waals surface area contributed by atoms with E-state index >= 15 is 0 Å². The van der Waals surface area contributed by atoms with E-state index in [1.54, 1.807) is 11.3 Å². The van der Waals surface area contributed by atoms with Gasteiger partial charge in [-0.1, -0.05) is 22.0 Å². The molecule has 1 fully saturated rings. The zero-order valence-electron chi connectivity index (χ0n) is 13.5. The number of hydrogen-bond acceptors (Lipinski definition) is 3. The van der Waals surface area contributed by atoms with E-state index in [0.717, 1.165) is 42.7 Å². The van der Waals surface area contributed by atoms with Gasteiger partial charge in [0.2, 0.25) is 0 Å². The van der Waals surface area contributed by atoms with Crippen LogP contribution in [0.3, 0.4) is 0 Å². The van der Waals surface area contributed by atoms with Crippen molar-refractivity contribution >= 4 is 38.9 Å². The van der Waals surface area contributed by atoms with Crippen LogP contribution in [-0.4, -0.2) is 31.7 Å². The van der Waals surface area contributed by atoms with Gasteiger partial charge in [-0.25, -0.2) is 0 Å². The van der Waals surface area contributed by atoms with Gasteiger partial charge in [0.25, 0.3) is 5.91 Å². The van der Waals surface area contributed by atoms with Crippen LogP contribution in [0.4, 0.5) is 5.69 Å². The molecule has 6 heteroatoms. The zero-order valence-corrected chi connectivity index (χ0v) is 15.9. The van der Waals surface area contributed by atoms with Gasteiger partial charge in [-0.05, 0) is 48.6 Å². The van der Waals surface area contributed by atoms with Gasteiger partial charge in [-0.15, -0.1) is 11.3 Å². The van der Waals surface area contributed by atoms with Crippen LogP contribution in [0.1, 0.15) is 17.7 Å². The Morgan fingerprint density at radius 1 is 1.33 bits per heavy atom. The third-order valence-corrected chi connectivity index (χ3v) is 5.49. The van der Waals surface area contributed by atoms with Crippen LogP contribution in [0.15, 0.2) is 46.3 Å². The highest BCUT2D eigenvalue weighted by Crippen LogP contribution is 2.14. The summed E-state index contributed by atoms with van der Waals surface area (Å²) in [5.41, 5.74) is 0.829. The Balaban J connectivity index is 1.58. The maximum atomic E-state index is 12.4. The second-order valence-electron chi connectivity index (χ2n) is 6.08. The van der Waals surface area contributed by atoms with Crippen molar-refractivity contribution in [2.45, 2.75) is 25.5 Å². The second kappa shape index (κ2) is 8.76. The quantitative estimate of drug-likeness (QED) is 0.737. The molecular weight excluding hydrogens is 388 g/mol. The third kappa shape index (κ3) is 5.41. The molecule has 0 saturated carbocycles. The van der Waals surface area contributed by atoms with E-state index < -0.39 is 0 Å². The van der Waals surface area contributed by atoms with Crippen molar-refractivity contribution in [2.75, 3.05) is 25.0 Å². The molecule has 4 nitrogen and oxygen atoms in total. The molecular formula is C18H22BrN2O2S+. The Hall–Kier alpha value is -1.21. The van der Waals surface area contributed by atoms with Crippen LogP contribution in [0.2, 0.25) is 0 Å². The number of rotatable bonds is 7. The summed E-state index contributed by atoms with van der Waals surface area (Å²) in [6.07, 6.45) is 2.50. The van der Waals surface area contributed by atoms with Crippen LogP contribution >= 0.6 is 27.3 Å². The molecule has 1 aliphatic heterocycles. The van der Waals surface area contributed by atoms with Crippen molar-refractivity contribution < 1.29 is 14.4 Å². The second-order valence-corrected chi connectivity index (χ2v) is 8.03. The van der Waals surface area contributed by atoms with Gasteiger partial charge < -0.3 is 15.0 Å². The van der Waals surface area contributed by atoms with E-state index in [2.05, 4.69) is 38.8 Å². The summed E-state index contributed by atoms with van der Waals surface area (Å²) < 4.78 is 6.76. The van der Waals surface area contributed by atoms with Crippen LogP contribution in [0, 0.1) is 0 Å². The summed E-state index contributed by atoms with van der Waals surface area (Å²) in [4.78, 5) is 15.0. The summed E-state index contributed by atoms with van der Waals surface area (Å²) in [5, 5.41) is 5.07. The van der Waals surface area contributed by atoms with Crippen molar-refractivity contribution in [3.8, 4) is 0 Å². The Kier molecular flexibility index (Phi) is 6.43. The van der Waals surface area contributed by atoms with Crippen LogP contribution in [-0.2, 0) is 16.1 Å². The average Bonchev–Trinajstić information content (AvgIpc) is 3.23. The Bertz CT molecular complexity index is 640. The fourth-order valence-corrected chi connectivity index (χ4v) is 4.00. The molecule has 0 aliphatic carbocycles. The average molecular weight is 410 g/mol. The number of amides is 1. The molecule has 1 unspecified atom stereocenters. The molecule has 1 amide bonds. The smallest absolute Gasteiger partial charge is 0.279 e. The molecule has 1 aliphatic rings. The van der Waals surface area contributed by atoms with Crippen LogP contribution in [0.25, 0.3) is 0 Å². The van der Waals surface area contributed by atoms with Crippen molar-refractivity contribution in [3.63, 3.8) is 0 Å². The standard InChI is InChI=1S/C18H21BrN2O2S/c19-14-5-7-15(8-6-14)20-18(22)13-21(11-16-3-1-9-23-16)12-17-4-2-10-24-17/h2,4-8,10,16H,1,3,9,11-13H2,(H,20,22)/p+1/t16-/m0/s1. The first kappa shape index (κ1) is 17.6. The van der Waals surface area contributed by atoms with Crippen LogP contribution in [0.5, 0.6) is 0 Å². The molecule has 2 atom stereocenters. The lowest BCUT2D eigenvalue weighted by Gasteiger charge is -2.21. The highest BCUT2D eigenvalue weighted by atomic mass is 79.9. The number of ether oxygens (including phenoxy) is 1. The largest absolute Gasteiger partial charge is 0.372 e. The first-order chi connectivity index (χ1) is 11.7. The predicted molar refractivity (Wildman–Crippen MR) is 100 cm³/mol. The maximum Gasteiger partial charge on any atom is 0.279 e. The van der Waals surface area contributed by atoms with Crippen molar-refractivity contribution in [3.05, 3.63) is 51.1 Å². The fourth-order valence-electron chi connectivity index (χ4n) is 2.96. The number of hydrogen-bond donors (Lipinski definition) is 2. The van der Waals surface area contributed by atoms with Crippen LogP contribution < -0.4 is 10.2 Å². The molecule has 2 aromatic rings. The summed E-state index contributed by atoms with van der Waals surface area (Å²) in [5.74, 6) is 0.0434. The van der Waals surface area contributed by atoms with Gasteiger partial charge in [0.15, 0.2) is 6.54 Å². The van der Waals surface area contributed by atoms with Crippen molar-refractivity contribution in [1.82, 2.24) is 0 Å². The number of carbonyl (C=O) groups excluding carboxylic acids is 1. The lowest BCUT2D eigenvalue weighted by Crippen LogP contribution is -3.12. The molecule has 0 radical (unpaired) electrons. The van der Waals surface area contributed by atoms with E-state index in [1.165, 1.54) is 9.78 Å². The molecule has 0 spiro atoms. The molecule has 3 rings (SSSR count). The van der Waals surface area contributed by atoms with E-state index in [4.69, 9.17) is 4.74 Å². The normalized spacial score (nSPS) is 18.5. The number of benzene rings is 1. The van der Waals surface area contributed by atoms with Gasteiger partial charge in [0, 0.05) is 16.8 Å². The Morgan fingerprint density at radius 3 is 2.83 bits per heavy atom. The highest BCUT2D eigenvalue weighted by molar-refractivity contribution is 9.10. The Morgan fingerprint density at radius 2 is 2.17 bits per heavy atom. The number of anilines is 1. The third-order valence-electron chi connectivity index (χ3n) is 4.08. The lowest BCUT2D eigenvalue weighted by molar-refractivity contribution is -0.908. The molecule has 2 N–H and O–H groups in total. The number of halogens is 1. The topological polar surface area (TPSA) is 42.8 Å². The monoisotopic (exact) mass is 409 g/mol. The molecule has 1 aromatic heterocycles. The van der Waals surface area contributed by atoms with Crippen molar-refractivity contribution in [2.24, 2.45) is 0 Å². The molecule has 0 bridgehead atoms. The van der Waals surface area contributed by atoms with E-state index in [1.807, 2.05) is 24.3 Å². The highest BCUT2D eigenvalue weighted by Gasteiger charge is 2.24. The van der Waals surface area contributed by atoms with Gasteiger partial charge in [0.05, 0.1) is 4.88 Å². The van der Waals surface area contributed by atoms with Crippen molar-refractivity contribution in [1.29, 1.82) is 0 Å². The lowest BCUT2D eigenvalue weighted by atomic mass is 10.2. The maximum absolute atomic E-state index is 12.4. The summed E-state index contributed by atoms with van der Waals surface area (Å²) in [7, 11) is 0. The summed E-state index contributed by atoms with van der Waals surface area (Å²) in [6.45, 7) is 3.05.